The van der Waals surface area contributed by atoms with Crippen molar-refractivity contribution >= 4 is 11.6 Å². The van der Waals surface area contributed by atoms with Gasteiger partial charge in [0.25, 0.3) is 5.91 Å². The number of anilines is 1. The Labute approximate surface area is 152 Å². The highest BCUT2D eigenvalue weighted by Gasteiger charge is 2.21. The number of carbonyl (C=O) groups excluding carboxylic acids is 1. The van der Waals surface area contributed by atoms with Crippen LogP contribution in [-0.2, 0) is 6.54 Å². The molecule has 1 saturated heterocycles. The van der Waals surface area contributed by atoms with Gasteiger partial charge in [-0.25, -0.2) is 4.39 Å². The lowest BCUT2D eigenvalue weighted by atomic mass is 10.1. The van der Waals surface area contributed by atoms with Gasteiger partial charge in [-0.15, -0.1) is 0 Å². The van der Waals surface area contributed by atoms with E-state index in [-0.39, 0.29) is 24.4 Å². The van der Waals surface area contributed by atoms with E-state index in [0.717, 1.165) is 11.3 Å². The summed E-state index contributed by atoms with van der Waals surface area (Å²) >= 11 is 0. The fourth-order valence-electron chi connectivity index (χ4n) is 3.42. The topological polar surface area (TPSA) is 65.7 Å². The third-order valence-corrected chi connectivity index (χ3v) is 5.06. The number of hydrogen-bond acceptors (Lipinski definition) is 4. The van der Waals surface area contributed by atoms with Crippen molar-refractivity contribution in [1.82, 2.24) is 5.32 Å². The van der Waals surface area contributed by atoms with Crippen molar-refractivity contribution < 1.29 is 18.7 Å². The maximum atomic E-state index is 14.5. The molecule has 1 aromatic carbocycles. The molecule has 2 aromatic rings. The number of hydrogen-bond donors (Lipinski definition) is 2. The van der Waals surface area contributed by atoms with Gasteiger partial charge >= 0.3 is 0 Å². The minimum absolute atomic E-state index is 0.216. The zero-order valence-electron chi connectivity index (χ0n) is 15.4. The second kappa shape index (κ2) is 7.50. The first kappa shape index (κ1) is 18.5. The smallest absolute Gasteiger partial charge is 0.255 e. The number of amides is 1. The molecular formula is C20H25FN2O3. The van der Waals surface area contributed by atoms with Crippen LogP contribution in [0.15, 0.2) is 22.6 Å². The lowest BCUT2D eigenvalue weighted by Crippen LogP contribution is -2.36. The summed E-state index contributed by atoms with van der Waals surface area (Å²) < 4.78 is 20.0. The first-order valence-corrected chi connectivity index (χ1v) is 8.93. The number of carbonyl (C=O) groups is 1. The van der Waals surface area contributed by atoms with Crippen LogP contribution < -0.4 is 10.2 Å². The molecule has 0 radical (unpaired) electrons. The Morgan fingerprint density at radius 2 is 1.96 bits per heavy atom. The largest absolute Gasteiger partial charge is 0.466 e. The van der Waals surface area contributed by atoms with E-state index in [1.165, 1.54) is 6.07 Å². The van der Waals surface area contributed by atoms with Gasteiger partial charge in [-0.1, -0.05) is 6.07 Å². The Morgan fingerprint density at radius 3 is 2.54 bits per heavy atom. The molecule has 0 spiro atoms. The molecule has 2 N–H and O–H groups in total. The van der Waals surface area contributed by atoms with E-state index in [0.29, 0.717) is 48.5 Å². The third kappa shape index (κ3) is 3.75. The van der Waals surface area contributed by atoms with Crippen LogP contribution in [0.1, 0.15) is 45.8 Å². The summed E-state index contributed by atoms with van der Waals surface area (Å²) in [5, 5.41) is 12.4. The number of aliphatic hydroxyl groups is 1. The van der Waals surface area contributed by atoms with Gasteiger partial charge in [0.05, 0.1) is 17.4 Å². The number of furan rings is 1. The van der Waals surface area contributed by atoms with Gasteiger partial charge in [-0.3, -0.25) is 4.79 Å². The van der Waals surface area contributed by atoms with Crippen molar-refractivity contribution in [3.8, 4) is 0 Å². The van der Waals surface area contributed by atoms with Crippen LogP contribution in [0.5, 0.6) is 0 Å². The Hall–Kier alpha value is -2.34. The van der Waals surface area contributed by atoms with Crippen LogP contribution >= 0.6 is 0 Å². The Morgan fingerprint density at radius 1 is 1.27 bits per heavy atom. The normalized spacial score (nSPS) is 15.3. The van der Waals surface area contributed by atoms with Crippen LogP contribution in [-0.4, -0.2) is 30.2 Å². The SMILES string of the molecule is Cc1oc(C)c(C(=O)NCc2ccc(N3CCC(O)CC3)c(F)c2)c1C. The second-order valence-electron chi connectivity index (χ2n) is 6.90. The summed E-state index contributed by atoms with van der Waals surface area (Å²) in [7, 11) is 0. The summed E-state index contributed by atoms with van der Waals surface area (Å²) in [5.74, 6) is 0.798. The molecule has 1 fully saturated rings. The summed E-state index contributed by atoms with van der Waals surface area (Å²) in [6.45, 7) is 6.98. The fraction of sp³-hybridized carbons (Fsp3) is 0.450. The molecular weight excluding hydrogens is 335 g/mol. The highest BCUT2D eigenvalue weighted by atomic mass is 19.1. The molecule has 0 aliphatic carbocycles. The van der Waals surface area contributed by atoms with Crippen LogP contribution in [0, 0.1) is 26.6 Å². The van der Waals surface area contributed by atoms with Crippen molar-refractivity contribution in [2.45, 2.75) is 46.3 Å². The monoisotopic (exact) mass is 360 g/mol. The molecule has 6 heteroatoms. The Bertz CT molecular complexity index is 808. The maximum Gasteiger partial charge on any atom is 0.255 e. The molecule has 0 saturated carbocycles. The first-order valence-electron chi connectivity index (χ1n) is 8.93. The minimum atomic E-state index is -0.306. The lowest BCUT2D eigenvalue weighted by molar-refractivity contribution is 0.0949. The van der Waals surface area contributed by atoms with E-state index in [1.807, 2.05) is 24.8 Å². The van der Waals surface area contributed by atoms with Crippen LogP contribution in [0.25, 0.3) is 0 Å². The molecule has 1 amide bonds. The van der Waals surface area contributed by atoms with Crippen molar-refractivity contribution in [2.24, 2.45) is 0 Å². The van der Waals surface area contributed by atoms with Crippen molar-refractivity contribution in [1.29, 1.82) is 0 Å². The van der Waals surface area contributed by atoms with E-state index < -0.39 is 0 Å². The molecule has 1 aliphatic heterocycles. The molecule has 5 nitrogen and oxygen atoms in total. The van der Waals surface area contributed by atoms with Gasteiger partial charge in [-0.05, 0) is 51.3 Å². The minimum Gasteiger partial charge on any atom is -0.466 e. The standard InChI is InChI=1S/C20H25FN2O3/c1-12-13(2)26-14(3)19(12)20(25)22-11-15-4-5-18(17(21)10-15)23-8-6-16(24)7-9-23/h4-5,10,16,24H,6-9,11H2,1-3H3,(H,22,25). The summed E-state index contributed by atoms with van der Waals surface area (Å²) in [5.41, 5.74) is 2.62. The van der Waals surface area contributed by atoms with Crippen LogP contribution in [0.4, 0.5) is 10.1 Å². The molecule has 1 aromatic heterocycles. The molecule has 2 heterocycles. The van der Waals surface area contributed by atoms with Crippen LogP contribution in [0.3, 0.4) is 0 Å². The predicted octanol–water partition coefficient (Wildman–Crippen LogP) is 3.24. The number of aryl methyl sites for hydroxylation is 2. The van der Waals surface area contributed by atoms with Gasteiger partial charge in [0.2, 0.25) is 0 Å². The van der Waals surface area contributed by atoms with Gasteiger partial charge in [0.1, 0.15) is 17.3 Å². The predicted molar refractivity (Wildman–Crippen MR) is 97.9 cm³/mol. The Balaban J connectivity index is 1.65. The number of halogens is 1. The quantitative estimate of drug-likeness (QED) is 0.879. The highest BCUT2D eigenvalue weighted by molar-refractivity contribution is 5.96. The molecule has 140 valence electrons. The summed E-state index contributed by atoms with van der Waals surface area (Å²) in [6, 6.07) is 5.03. The van der Waals surface area contributed by atoms with E-state index >= 15 is 0 Å². The summed E-state index contributed by atoms with van der Waals surface area (Å²) in [4.78, 5) is 14.4. The second-order valence-corrected chi connectivity index (χ2v) is 6.90. The zero-order chi connectivity index (χ0) is 18.8. The van der Waals surface area contributed by atoms with Gasteiger partial charge in [0, 0.05) is 25.2 Å². The number of nitrogens with one attached hydrogen (secondary N) is 1. The van der Waals surface area contributed by atoms with Crippen molar-refractivity contribution in [2.75, 3.05) is 18.0 Å². The van der Waals surface area contributed by atoms with E-state index in [9.17, 15) is 14.3 Å². The number of nitrogens with zero attached hydrogens (tertiary/aromatic N) is 1. The average Bonchev–Trinajstić information content (AvgIpc) is 2.86. The van der Waals surface area contributed by atoms with Gasteiger partial charge < -0.3 is 19.7 Å². The fourth-order valence-corrected chi connectivity index (χ4v) is 3.42. The summed E-state index contributed by atoms with van der Waals surface area (Å²) in [6.07, 6.45) is 1.02. The Kier molecular flexibility index (Phi) is 5.32. The van der Waals surface area contributed by atoms with E-state index in [4.69, 9.17) is 4.42 Å². The van der Waals surface area contributed by atoms with Crippen molar-refractivity contribution in [3.05, 3.63) is 52.2 Å². The lowest BCUT2D eigenvalue weighted by Gasteiger charge is -2.31. The van der Waals surface area contributed by atoms with Gasteiger partial charge in [0.15, 0.2) is 0 Å². The molecule has 26 heavy (non-hydrogen) atoms. The zero-order valence-corrected chi connectivity index (χ0v) is 15.4. The molecule has 0 bridgehead atoms. The van der Waals surface area contributed by atoms with Crippen LogP contribution in [0.2, 0.25) is 0 Å². The number of aliphatic hydroxyl groups excluding tert-OH is 1. The highest BCUT2D eigenvalue weighted by Crippen LogP contribution is 2.25. The molecule has 3 rings (SSSR count). The van der Waals surface area contributed by atoms with Gasteiger partial charge in [-0.2, -0.15) is 0 Å². The molecule has 0 atom stereocenters. The number of rotatable bonds is 4. The first-order chi connectivity index (χ1) is 12.4. The van der Waals surface area contributed by atoms with Crippen molar-refractivity contribution in [3.63, 3.8) is 0 Å². The molecule has 1 aliphatic rings. The average molecular weight is 360 g/mol. The molecule has 0 unspecified atom stereocenters. The third-order valence-electron chi connectivity index (χ3n) is 5.06. The number of benzene rings is 1. The van der Waals surface area contributed by atoms with E-state index in [1.54, 1.807) is 13.0 Å². The van der Waals surface area contributed by atoms with E-state index in [2.05, 4.69) is 5.32 Å². The number of piperidine rings is 1. The maximum absolute atomic E-state index is 14.5.